The van der Waals surface area contributed by atoms with Gasteiger partial charge in [-0.1, -0.05) is 48.8 Å². The molecule has 1 saturated heterocycles. The van der Waals surface area contributed by atoms with E-state index in [-0.39, 0.29) is 23.7 Å². The first-order valence-electron chi connectivity index (χ1n) is 13.4. The average molecular weight is 572 g/mol. The number of halogens is 1. The lowest BCUT2D eigenvalue weighted by Gasteiger charge is -2.32. The Morgan fingerprint density at radius 1 is 1.22 bits per heavy atom. The minimum absolute atomic E-state index is 0.0504. The summed E-state index contributed by atoms with van der Waals surface area (Å²) in [6, 6.07) is 9.76. The molecule has 0 saturated carbocycles. The van der Waals surface area contributed by atoms with Crippen molar-refractivity contribution in [1.29, 1.82) is 0 Å². The van der Waals surface area contributed by atoms with Crippen molar-refractivity contribution >= 4 is 33.6 Å². The molecular formula is C29H39BrN4O3. The Kier molecular flexibility index (Phi) is 8.90. The Balaban J connectivity index is 1.32. The van der Waals surface area contributed by atoms with Crippen molar-refractivity contribution in [3.8, 4) is 0 Å². The van der Waals surface area contributed by atoms with Gasteiger partial charge in [-0.3, -0.25) is 9.59 Å². The number of anilines is 1. The topological polar surface area (TPSA) is 94.6 Å². The zero-order chi connectivity index (χ0) is 26.6. The van der Waals surface area contributed by atoms with Crippen LogP contribution in [0.25, 0.3) is 0 Å². The molecule has 0 radical (unpaired) electrons. The SMILES string of the molecule is CC(C)(C)c1cc(Br)cc([C@H](CC(=O)O)NC(=O)C2CCN(CCc3ccc4c(n3)NCCC4)CC2)c1. The average Bonchev–Trinajstić information content (AvgIpc) is 2.86. The van der Waals surface area contributed by atoms with E-state index in [1.165, 1.54) is 5.56 Å². The van der Waals surface area contributed by atoms with Gasteiger partial charge in [0.15, 0.2) is 0 Å². The number of carbonyl (C=O) groups excluding carboxylic acids is 1. The van der Waals surface area contributed by atoms with E-state index in [2.05, 4.69) is 70.4 Å². The molecule has 1 atom stereocenters. The molecule has 3 N–H and O–H groups in total. The Morgan fingerprint density at radius 2 is 1.97 bits per heavy atom. The minimum atomic E-state index is -0.927. The monoisotopic (exact) mass is 570 g/mol. The van der Waals surface area contributed by atoms with Gasteiger partial charge < -0.3 is 20.6 Å². The van der Waals surface area contributed by atoms with E-state index >= 15 is 0 Å². The van der Waals surface area contributed by atoms with Gasteiger partial charge in [0.05, 0.1) is 12.5 Å². The summed E-state index contributed by atoms with van der Waals surface area (Å²) >= 11 is 3.57. The molecule has 2 aromatic rings. The summed E-state index contributed by atoms with van der Waals surface area (Å²) in [5.74, 6) is -0.0445. The van der Waals surface area contributed by atoms with Crippen molar-refractivity contribution in [1.82, 2.24) is 15.2 Å². The predicted octanol–water partition coefficient (Wildman–Crippen LogP) is 5.09. The second-order valence-electron chi connectivity index (χ2n) is 11.4. The van der Waals surface area contributed by atoms with Gasteiger partial charge in [-0.15, -0.1) is 0 Å². The van der Waals surface area contributed by atoms with Crippen LogP contribution >= 0.6 is 15.9 Å². The third-order valence-corrected chi connectivity index (χ3v) is 7.94. The van der Waals surface area contributed by atoms with Crippen LogP contribution in [0, 0.1) is 5.92 Å². The number of amides is 1. The van der Waals surface area contributed by atoms with Crippen LogP contribution in [0.2, 0.25) is 0 Å². The number of aryl methyl sites for hydroxylation is 1. The van der Waals surface area contributed by atoms with Gasteiger partial charge in [0, 0.05) is 35.6 Å². The molecule has 0 unspecified atom stereocenters. The molecule has 1 amide bonds. The molecule has 1 aromatic carbocycles. The van der Waals surface area contributed by atoms with Gasteiger partial charge in [-0.05, 0) is 79.1 Å². The van der Waals surface area contributed by atoms with Crippen LogP contribution in [0.5, 0.6) is 0 Å². The molecule has 3 heterocycles. The van der Waals surface area contributed by atoms with Crippen molar-refractivity contribution in [2.75, 3.05) is 31.5 Å². The van der Waals surface area contributed by atoms with Crippen LogP contribution in [0.3, 0.4) is 0 Å². The first-order valence-corrected chi connectivity index (χ1v) is 14.2. The first kappa shape index (κ1) is 27.6. The highest BCUT2D eigenvalue weighted by Gasteiger charge is 2.28. The fourth-order valence-electron chi connectivity index (χ4n) is 5.16. The van der Waals surface area contributed by atoms with E-state index in [1.54, 1.807) is 0 Å². The highest BCUT2D eigenvalue weighted by atomic mass is 79.9. The molecule has 2 aliphatic heterocycles. The molecule has 0 bridgehead atoms. The summed E-state index contributed by atoms with van der Waals surface area (Å²) in [6.45, 7) is 9.99. The molecule has 7 nitrogen and oxygen atoms in total. The number of rotatable bonds is 8. The van der Waals surface area contributed by atoms with Gasteiger partial charge in [0.2, 0.25) is 5.91 Å². The normalized spacial score (nSPS) is 17.5. The summed E-state index contributed by atoms with van der Waals surface area (Å²) < 4.78 is 0.886. The van der Waals surface area contributed by atoms with Crippen molar-refractivity contribution in [3.05, 3.63) is 57.2 Å². The maximum Gasteiger partial charge on any atom is 0.305 e. The van der Waals surface area contributed by atoms with Crippen LogP contribution in [0.1, 0.15) is 74.9 Å². The molecule has 0 aliphatic carbocycles. The summed E-state index contributed by atoms with van der Waals surface area (Å²) in [4.78, 5) is 32.0. The molecule has 8 heteroatoms. The maximum atomic E-state index is 13.2. The van der Waals surface area contributed by atoms with Crippen LogP contribution in [-0.2, 0) is 27.8 Å². The molecule has 4 rings (SSSR count). The van der Waals surface area contributed by atoms with E-state index in [0.717, 1.165) is 85.4 Å². The first-order chi connectivity index (χ1) is 17.6. The van der Waals surface area contributed by atoms with E-state index in [0.29, 0.717) is 0 Å². The van der Waals surface area contributed by atoms with Crippen molar-refractivity contribution in [3.63, 3.8) is 0 Å². The van der Waals surface area contributed by atoms with E-state index in [4.69, 9.17) is 4.98 Å². The Morgan fingerprint density at radius 3 is 2.68 bits per heavy atom. The van der Waals surface area contributed by atoms with E-state index in [1.807, 2.05) is 12.1 Å². The Labute approximate surface area is 228 Å². The van der Waals surface area contributed by atoms with Crippen LogP contribution in [0.15, 0.2) is 34.8 Å². The fourth-order valence-corrected chi connectivity index (χ4v) is 5.67. The van der Waals surface area contributed by atoms with Crippen LogP contribution in [-0.4, -0.2) is 53.0 Å². The molecule has 2 aliphatic rings. The number of nitrogens with zero attached hydrogens (tertiary/aromatic N) is 2. The predicted molar refractivity (Wildman–Crippen MR) is 150 cm³/mol. The van der Waals surface area contributed by atoms with Crippen LogP contribution < -0.4 is 10.6 Å². The Bertz CT molecular complexity index is 1120. The number of aromatic nitrogens is 1. The lowest BCUT2D eigenvalue weighted by Crippen LogP contribution is -2.42. The number of piperidine rings is 1. The van der Waals surface area contributed by atoms with E-state index in [9.17, 15) is 14.7 Å². The zero-order valence-corrected chi connectivity index (χ0v) is 23.7. The largest absolute Gasteiger partial charge is 0.481 e. The second kappa shape index (κ2) is 11.9. The number of carboxylic acids is 1. The lowest BCUT2D eigenvalue weighted by atomic mass is 9.85. The third-order valence-electron chi connectivity index (χ3n) is 7.48. The molecule has 200 valence electrons. The summed E-state index contributed by atoms with van der Waals surface area (Å²) in [5, 5.41) is 16.0. The standard InChI is InChI=1S/C29H39BrN4O3/c1-29(2,3)22-15-21(16-23(30)17-22)25(18-26(35)36)33-28(37)20-8-12-34(13-9-20)14-10-24-7-6-19-5-4-11-31-27(19)32-24/h6-7,15-17,20,25H,4-5,8-14,18H2,1-3H3,(H,31,32)(H,33,37)(H,35,36)/t25-/m0/s1. The number of fused-ring (bicyclic) bond motifs is 1. The van der Waals surface area contributed by atoms with E-state index < -0.39 is 12.0 Å². The zero-order valence-electron chi connectivity index (χ0n) is 22.1. The molecule has 0 spiro atoms. The molecular weight excluding hydrogens is 532 g/mol. The molecule has 1 aromatic heterocycles. The van der Waals surface area contributed by atoms with Gasteiger partial charge >= 0.3 is 5.97 Å². The summed E-state index contributed by atoms with van der Waals surface area (Å²) in [5.41, 5.74) is 4.24. The molecule has 37 heavy (non-hydrogen) atoms. The molecule has 1 fully saturated rings. The van der Waals surface area contributed by atoms with Gasteiger partial charge in [-0.25, -0.2) is 4.98 Å². The summed E-state index contributed by atoms with van der Waals surface area (Å²) in [6.07, 6.45) is 4.55. The number of nitrogens with one attached hydrogen (secondary N) is 2. The number of carboxylic acid groups (broad SMARTS) is 1. The minimum Gasteiger partial charge on any atom is -0.481 e. The highest BCUT2D eigenvalue weighted by molar-refractivity contribution is 9.10. The number of pyridine rings is 1. The number of benzene rings is 1. The number of hydrogen-bond donors (Lipinski definition) is 3. The Hall–Kier alpha value is -2.45. The smallest absolute Gasteiger partial charge is 0.305 e. The summed E-state index contributed by atoms with van der Waals surface area (Å²) in [7, 11) is 0. The number of likely N-dealkylation sites (tertiary alicyclic amines) is 1. The van der Waals surface area contributed by atoms with Crippen molar-refractivity contribution < 1.29 is 14.7 Å². The lowest BCUT2D eigenvalue weighted by molar-refractivity contribution is -0.138. The maximum absolute atomic E-state index is 13.2. The van der Waals surface area contributed by atoms with Crippen molar-refractivity contribution in [2.24, 2.45) is 5.92 Å². The quantitative estimate of drug-likeness (QED) is 0.409. The highest BCUT2D eigenvalue weighted by Crippen LogP contribution is 2.31. The number of hydrogen-bond acceptors (Lipinski definition) is 5. The fraction of sp³-hybridized carbons (Fsp3) is 0.552. The van der Waals surface area contributed by atoms with Gasteiger partial charge in [0.1, 0.15) is 5.82 Å². The second-order valence-corrected chi connectivity index (χ2v) is 12.3. The van der Waals surface area contributed by atoms with Crippen LogP contribution in [0.4, 0.5) is 5.82 Å². The number of aliphatic carboxylic acids is 1. The third kappa shape index (κ3) is 7.54. The van der Waals surface area contributed by atoms with Gasteiger partial charge in [-0.2, -0.15) is 0 Å². The number of carbonyl (C=O) groups is 2. The van der Waals surface area contributed by atoms with Crippen molar-refractivity contribution in [2.45, 2.75) is 70.8 Å². The van der Waals surface area contributed by atoms with Gasteiger partial charge in [0.25, 0.3) is 0 Å².